The minimum absolute atomic E-state index is 0.130. The van der Waals surface area contributed by atoms with E-state index in [0.29, 0.717) is 34.5 Å². The zero-order valence-corrected chi connectivity index (χ0v) is 16.1. The summed E-state index contributed by atoms with van der Waals surface area (Å²) in [6.45, 7) is 0.719. The average molecular weight is 379 g/mol. The molecule has 0 fully saturated rings. The molecule has 2 rings (SSSR count). The molecule has 2 aromatic carbocycles. The predicted molar refractivity (Wildman–Crippen MR) is 103 cm³/mol. The molecule has 1 N–H and O–H groups in total. The molecule has 0 atom stereocenters. The van der Waals surface area contributed by atoms with Crippen LogP contribution in [0.5, 0.6) is 17.2 Å². The number of halogens is 1. The Morgan fingerprint density at radius 2 is 1.81 bits per heavy atom. The van der Waals surface area contributed by atoms with Crippen LogP contribution >= 0.6 is 11.6 Å². The molecule has 7 heteroatoms. The zero-order chi connectivity index (χ0) is 19.1. The van der Waals surface area contributed by atoms with Crippen LogP contribution in [0.3, 0.4) is 0 Å². The molecular formula is C19H23ClN2O4. The lowest BCUT2D eigenvalue weighted by Crippen LogP contribution is -2.30. The van der Waals surface area contributed by atoms with Gasteiger partial charge < -0.3 is 19.5 Å². The lowest BCUT2D eigenvalue weighted by molar-refractivity contribution is -0.117. The van der Waals surface area contributed by atoms with E-state index in [0.717, 1.165) is 5.56 Å². The number of benzene rings is 2. The molecule has 0 saturated heterocycles. The molecule has 0 aliphatic heterocycles. The minimum atomic E-state index is -0.130. The minimum Gasteiger partial charge on any atom is -0.493 e. The van der Waals surface area contributed by atoms with Gasteiger partial charge in [-0.05, 0) is 31.3 Å². The van der Waals surface area contributed by atoms with E-state index in [1.807, 2.05) is 24.1 Å². The first-order chi connectivity index (χ1) is 12.5. The fourth-order valence-corrected chi connectivity index (χ4v) is 2.84. The molecule has 0 aliphatic carbocycles. The number of hydrogen-bond acceptors (Lipinski definition) is 5. The highest BCUT2D eigenvalue weighted by Crippen LogP contribution is 2.40. The first-order valence-corrected chi connectivity index (χ1v) is 8.38. The Bertz CT molecular complexity index is 767. The summed E-state index contributed by atoms with van der Waals surface area (Å²) in [5.41, 5.74) is 1.56. The Morgan fingerprint density at radius 1 is 1.08 bits per heavy atom. The van der Waals surface area contributed by atoms with Gasteiger partial charge in [0.15, 0.2) is 11.5 Å². The van der Waals surface area contributed by atoms with Crippen molar-refractivity contribution in [2.75, 3.05) is 40.2 Å². The maximum absolute atomic E-state index is 12.2. The molecule has 0 heterocycles. The molecule has 0 aromatic heterocycles. The topological polar surface area (TPSA) is 60.0 Å². The lowest BCUT2D eigenvalue weighted by atomic mass is 10.1. The van der Waals surface area contributed by atoms with E-state index in [4.69, 9.17) is 25.8 Å². The molecule has 0 radical (unpaired) electrons. The first kappa shape index (κ1) is 19.9. The third-order valence-corrected chi connectivity index (χ3v) is 3.98. The highest BCUT2D eigenvalue weighted by molar-refractivity contribution is 6.30. The van der Waals surface area contributed by atoms with Crippen molar-refractivity contribution in [3.05, 3.63) is 47.0 Å². The third-order valence-electron chi connectivity index (χ3n) is 3.75. The third kappa shape index (κ3) is 5.03. The lowest BCUT2D eigenvalue weighted by Gasteiger charge is -2.20. The SMILES string of the molecule is COc1ccc(CN(C)CC(=O)Nc2cccc(Cl)c2)c(OC)c1OC. The largest absolute Gasteiger partial charge is 0.493 e. The predicted octanol–water partition coefficient (Wildman–Crippen LogP) is 3.44. The van der Waals surface area contributed by atoms with Gasteiger partial charge in [-0.25, -0.2) is 0 Å². The average Bonchev–Trinajstić information content (AvgIpc) is 2.60. The first-order valence-electron chi connectivity index (χ1n) is 8.00. The summed E-state index contributed by atoms with van der Waals surface area (Å²) in [4.78, 5) is 14.1. The maximum atomic E-state index is 12.2. The summed E-state index contributed by atoms with van der Waals surface area (Å²) in [7, 11) is 6.57. The van der Waals surface area contributed by atoms with Gasteiger partial charge in [0, 0.05) is 22.8 Å². The molecule has 6 nitrogen and oxygen atoms in total. The van der Waals surface area contributed by atoms with Crippen molar-refractivity contribution in [1.29, 1.82) is 0 Å². The van der Waals surface area contributed by atoms with E-state index in [2.05, 4.69) is 5.32 Å². The Morgan fingerprint density at radius 3 is 2.42 bits per heavy atom. The molecule has 0 unspecified atom stereocenters. The van der Waals surface area contributed by atoms with Gasteiger partial charge in [0.1, 0.15) is 0 Å². The van der Waals surface area contributed by atoms with Crippen molar-refractivity contribution in [1.82, 2.24) is 4.90 Å². The van der Waals surface area contributed by atoms with Crippen LogP contribution in [-0.2, 0) is 11.3 Å². The monoisotopic (exact) mass is 378 g/mol. The van der Waals surface area contributed by atoms with Gasteiger partial charge in [0.05, 0.1) is 27.9 Å². The van der Waals surface area contributed by atoms with Gasteiger partial charge in [0.25, 0.3) is 0 Å². The fraction of sp³-hybridized carbons (Fsp3) is 0.316. The smallest absolute Gasteiger partial charge is 0.238 e. The van der Waals surface area contributed by atoms with Crippen LogP contribution < -0.4 is 19.5 Å². The molecule has 0 bridgehead atoms. The van der Waals surface area contributed by atoms with Gasteiger partial charge in [-0.3, -0.25) is 9.69 Å². The van der Waals surface area contributed by atoms with Crippen molar-refractivity contribution < 1.29 is 19.0 Å². The number of hydrogen-bond donors (Lipinski definition) is 1. The summed E-state index contributed by atoms with van der Waals surface area (Å²) >= 11 is 5.93. The van der Waals surface area contributed by atoms with E-state index < -0.39 is 0 Å². The number of rotatable bonds is 8. The Labute approximate surface area is 158 Å². The zero-order valence-electron chi connectivity index (χ0n) is 15.3. The Hall–Kier alpha value is -2.44. The van der Waals surface area contributed by atoms with E-state index in [9.17, 15) is 4.79 Å². The van der Waals surface area contributed by atoms with Crippen LogP contribution in [0.4, 0.5) is 5.69 Å². The number of nitrogens with one attached hydrogen (secondary N) is 1. The maximum Gasteiger partial charge on any atom is 0.238 e. The Kier molecular flexibility index (Phi) is 7.12. The number of anilines is 1. The van der Waals surface area contributed by atoms with Crippen LogP contribution in [0.25, 0.3) is 0 Å². The van der Waals surface area contributed by atoms with Gasteiger partial charge in [-0.15, -0.1) is 0 Å². The van der Waals surface area contributed by atoms with E-state index in [1.54, 1.807) is 45.6 Å². The van der Waals surface area contributed by atoms with Crippen LogP contribution in [0.2, 0.25) is 5.02 Å². The highest BCUT2D eigenvalue weighted by Gasteiger charge is 2.17. The summed E-state index contributed by atoms with van der Waals surface area (Å²) in [5, 5.41) is 3.40. The van der Waals surface area contributed by atoms with Crippen molar-refractivity contribution in [2.24, 2.45) is 0 Å². The number of carbonyl (C=O) groups is 1. The Balaban J connectivity index is 2.05. The van der Waals surface area contributed by atoms with Crippen LogP contribution in [0.15, 0.2) is 36.4 Å². The standard InChI is InChI=1S/C19H23ClN2O4/c1-22(12-17(23)21-15-7-5-6-14(20)10-15)11-13-8-9-16(24-2)19(26-4)18(13)25-3/h5-10H,11-12H2,1-4H3,(H,21,23). The number of methoxy groups -OCH3 is 3. The summed E-state index contributed by atoms with van der Waals surface area (Å²) in [6.07, 6.45) is 0. The second-order valence-electron chi connectivity index (χ2n) is 5.72. The molecule has 26 heavy (non-hydrogen) atoms. The fourth-order valence-electron chi connectivity index (χ4n) is 2.65. The molecule has 0 saturated carbocycles. The van der Waals surface area contributed by atoms with Crippen molar-refractivity contribution >= 4 is 23.2 Å². The van der Waals surface area contributed by atoms with Gasteiger partial charge in [0.2, 0.25) is 11.7 Å². The van der Waals surface area contributed by atoms with Gasteiger partial charge in [-0.1, -0.05) is 23.7 Å². The molecule has 2 aromatic rings. The second-order valence-corrected chi connectivity index (χ2v) is 6.16. The van der Waals surface area contributed by atoms with Crippen LogP contribution in [0, 0.1) is 0 Å². The number of amides is 1. The van der Waals surface area contributed by atoms with E-state index >= 15 is 0 Å². The van der Waals surface area contributed by atoms with Gasteiger partial charge >= 0.3 is 0 Å². The normalized spacial score (nSPS) is 10.5. The van der Waals surface area contributed by atoms with E-state index in [1.165, 1.54) is 0 Å². The van der Waals surface area contributed by atoms with Gasteiger partial charge in [-0.2, -0.15) is 0 Å². The molecule has 0 spiro atoms. The number of likely N-dealkylation sites (N-methyl/N-ethyl adjacent to an activating group) is 1. The quantitative estimate of drug-likeness (QED) is 0.762. The number of ether oxygens (including phenoxy) is 3. The van der Waals surface area contributed by atoms with E-state index in [-0.39, 0.29) is 12.5 Å². The van der Waals surface area contributed by atoms with Crippen LogP contribution in [-0.4, -0.2) is 45.7 Å². The second kappa shape index (κ2) is 9.31. The van der Waals surface area contributed by atoms with Crippen LogP contribution in [0.1, 0.15) is 5.56 Å². The summed E-state index contributed by atoms with van der Waals surface area (Å²) in [5.74, 6) is 1.59. The number of carbonyl (C=O) groups excluding carboxylic acids is 1. The molecule has 140 valence electrons. The van der Waals surface area contributed by atoms with Crippen molar-refractivity contribution in [3.8, 4) is 17.2 Å². The van der Waals surface area contributed by atoms with Crippen molar-refractivity contribution in [2.45, 2.75) is 6.54 Å². The molecule has 0 aliphatic rings. The van der Waals surface area contributed by atoms with Crippen molar-refractivity contribution in [3.63, 3.8) is 0 Å². The summed E-state index contributed by atoms with van der Waals surface area (Å²) < 4.78 is 16.2. The summed E-state index contributed by atoms with van der Waals surface area (Å²) in [6, 6.07) is 10.8. The highest BCUT2D eigenvalue weighted by atomic mass is 35.5. The molecular weight excluding hydrogens is 356 g/mol. The molecule has 1 amide bonds. The number of nitrogens with zero attached hydrogens (tertiary/aromatic N) is 1.